The van der Waals surface area contributed by atoms with E-state index in [0.717, 1.165) is 16.4 Å². The molecule has 2 heterocycles. The predicted molar refractivity (Wildman–Crippen MR) is 94.6 cm³/mol. The average Bonchev–Trinajstić information content (AvgIpc) is 3.24. The summed E-state index contributed by atoms with van der Waals surface area (Å²) in [6.45, 7) is 0.121. The number of furan rings is 1. The van der Waals surface area contributed by atoms with Crippen LogP contribution in [0.15, 0.2) is 47.1 Å². The molecule has 2 aromatic heterocycles. The van der Waals surface area contributed by atoms with Gasteiger partial charge in [-0.25, -0.2) is 9.67 Å². The molecule has 0 saturated carbocycles. The van der Waals surface area contributed by atoms with Crippen molar-refractivity contribution >= 4 is 27.6 Å². The first-order valence-corrected chi connectivity index (χ1v) is 7.91. The van der Waals surface area contributed by atoms with E-state index in [-0.39, 0.29) is 12.4 Å². The van der Waals surface area contributed by atoms with Crippen molar-refractivity contribution in [3.05, 3.63) is 48.5 Å². The van der Waals surface area contributed by atoms with Crippen molar-refractivity contribution < 1.29 is 14.3 Å². The maximum atomic E-state index is 10.3. The summed E-state index contributed by atoms with van der Waals surface area (Å²) in [5, 5.41) is 27.9. The molecule has 1 atom stereocenters. The van der Waals surface area contributed by atoms with Crippen molar-refractivity contribution in [3.8, 4) is 11.8 Å². The van der Waals surface area contributed by atoms with Gasteiger partial charge in [0.25, 0.3) is 5.82 Å². The minimum atomic E-state index is -0.959. The molecule has 26 heavy (non-hydrogen) atoms. The molecule has 130 valence electrons. The fourth-order valence-electron chi connectivity index (χ4n) is 2.87. The second-order valence-corrected chi connectivity index (χ2v) is 5.71. The third-order valence-corrected chi connectivity index (χ3v) is 4.02. The number of nitriles is 1. The highest BCUT2D eigenvalue weighted by Crippen LogP contribution is 2.36. The van der Waals surface area contributed by atoms with Crippen molar-refractivity contribution in [1.82, 2.24) is 14.8 Å². The van der Waals surface area contributed by atoms with Gasteiger partial charge in [0.2, 0.25) is 0 Å². The lowest BCUT2D eigenvalue weighted by Gasteiger charge is -2.16. The predicted octanol–water partition coefficient (Wildman–Crippen LogP) is 2.49. The topological polar surface area (TPSA) is 109 Å². The minimum absolute atomic E-state index is 0.0541. The number of benzene rings is 2. The lowest BCUT2D eigenvalue weighted by molar-refractivity contribution is 0.176. The van der Waals surface area contributed by atoms with Crippen molar-refractivity contribution in [3.63, 3.8) is 0 Å². The summed E-state index contributed by atoms with van der Waals surface area (Å²) in [6, 6.07) is 13.3. The minimum Gasteiger partial charge on any atom is -0.495 e. The van der Waals surface area contributed by atoms with Crippen LogP contribution in [0.1, 0.15) is 5.82 Å². The molecule has 2 N–H and O–H groups in total. The number of hydrogen-bond acceptors (Lipinski definition) is 7. The van der Waals surface area contributed by atoms with Crippen LogP contribution in [0.2, 0.25) is 0 Å². The second-order valence-electron chi connectivity index (χ2n) is 5.71. The summed E-state index contributed by atoms with van der Waals surface area (Å²) in [6.07, 6.45) is 0.433. The van der Waals surface area contributed by atoms with Gasteiger partial charge < -0.3 is 19.6 Å². The number of rotatable bonds is 5. The summed E-state index contributed by atoms with van der Waals surface area (Å²) in [5.41, 5.74) is 2.07. The molecule has 4 aromatic rings. The number of ether oxygens (including phenoxy) is 1. The summed E-state index contributed by atoms with van der Waals surface area (Å²) >= 11 is 0. The van der Waals surface area contributed by atoms with Crippen LogP contribution in [-0.4, -0.2) is 33.2 Å². The van der Waals surface area contributed by atoms with Crippen LogP contribution in [-0.2, 0) is 6.54 Å². The first-order chi connectivity index (χ1) is 12.7. The molecular formula is C18H15N5O3. The van der Waals surface area contributed by atoms with Gasteiger partial charge in [-0.2, -0.15) is 5.26 Å². The Hall–Kier alpha value is -3.57. The lowest BCUT2D eigenvalue weighted by Crippen LogP contribution is -2.25. The molecule has 0 radical (unpaired) electrons. The Morgan fingerprint density at radius 3 is 2.92 bits per heavy atom. The Balaban J connectivity index is 1.64. The van der Waals surface area contributed by atoms with Gasteiger partial charge in [-0.1, -0.05) is 18.2 Å². The normalized spacial score (nSPS) is 12.2. The average molecular weight is 349 g/mol. The van der Waals surface area contributed by atoms with Gasteiger partial charge in [0.15, 0.2) is 0 Å². The summed E-state index contributed by atoms with van der Waals surface area (Å²) in [4.78, 5) is 3.81. The van der Waals surface area contributed by atoms with Crippen LogP contribution in [0.4, 0.5) is 5.69 Å². The van der Waals surface area contributed by atoms with E-state index in [1.54, 1.807) is 13.2 Å². The highest BCUT2D eigenvalue weighted by molar-refractivity contribution is 6.06. The lowest BCUT2D eigenvalue weighted by atomic mass is 10.1. The maximum absolute atomic E-state index is 10.3. The van der Waals surface area contributed by atoms with Gasteiger partial charge in [-0.3, -0.25) is 0 Å². The Morgan fingerprint density at radius 2 is 2.15 bits per heavy atom. The van der Waals surface area contributed by atoms with Gasteiger partial charge in [0.1, 0.15) is 35.5 Å². The van der Waals surface area contributed by atoms with Gasteiger partial charge >= 0.3 is 0 Å². The van der Waals surface area contributed by atoms with Gasteiger partial charge in [-0.05, 0) is 12.1 Å². The Labute approximate surface area is 148 Å². The number of fused-ring (bicyclic) bond motifs is 3. The zero-order valence-electron chi connectivity index (χ0n) is 13.9. The first kappa shape index (κ1) is 15.9. The molecule has 0 bridgehead atoms. The molecule has 0 spiro atoms. The van der Waals surface area contributed by atoms with E-state index in [1.165, 1.54) is 11.0 Å². The van der Waals surface area contributed by atoms with Crippen molar-refractivity contribution in [2.75, 3.05) is 12.4 Å². The third-order valence-electron chi connectivity index (χ3n) is 4.02. The highest BCUT2D eigenvalue weighted by Gasteiger charge is 2.15. The van der Waals surface area contributed by atoms with E-state index in [0.29, 0.717) is 17.0 Å². The number of aliphatic hydroxyl groups is 1. The second kappa shape index (κ2) is 6.38. The van der Waals surface area contributed by atoms with Crippen LogP contribution >= 0.6 is 0 Å². The van der Waals surface area contributed by atoms with E-state index in [4.69, 9.17) is 14.4 Å². The number of anilines is 1. The van der Waals surface area contributed by atoms with E-state index < -0.39 is 6.23 Å². The number of methoxy groups -OCH3 is 1. The smallest absolute Gasteiger partial charge is 0.252 e. The number of aromatic nitrogens is 3. The fourth-order valence-corrected chi connectivity index (χ4v) is 2.87. The molecule has 0 amide bonds. The van der Waals surface area contributed by atoms with Crippen LogP contribution in [0.25, 0.3) is 21.9 Å². The van der Waals surface area contributed by atoms with E-state index in [9.17, 15) is 5.11 Å². The van der Waals surface area contributed by atoms with Crippen molar-refractivity contribution in [2.45, 2.75) is 12.8 Å². The van der Waals surface area contributed by atoms with E-state index in [2.05, 4.69) is 15.4 Å². The van der Waals surface area contributed by atoms with E-state index >= 15 is 0 Å². The van der Waals surface area contributed by atoms with Crippen molar-refractivity contribution in [2.24, 2.45) is 0 Å². The molecule has 1 unspecified atom stereocenters. The monoisotopic (exact) mass is 349 g/mol. The summed E-state index contributed by atoms with van der Waals surface area (Å²) in [5.74, 6) is 0.637. The van der Waals surface area contributed by atoms with Crippen molar-refractivity contribution in [1.29, 1.82) is 5.26 Å². The molecule has 0 aliphatic carbocycles. The van der Waals surface area contributed by atoms with E-state index in [1.807, 2.05) is 36.4 Å². The number of nitrogens with one attached hydrogen (secondary N) is 1. The number of aliphatic hydroxyl groups excluding tert-OH is 1. The van der Waals surface area contributed by atoms with Gasteiger partial charge in [0.05, 0.1) is 19.3 Å². The van der Waals surface area contributed by atoms with Crippen LogP contribution in [0.3, 0.4) is 0 Å². The SMILES string of the molecule is COc1cc2c(cc1NC(O)Cn1cnc(C#N)n1)oc1ccccc12. The molecule has 0 aliphatic rings. The molecule has 8 nitrogen and oxygen atoms in total. The highest BCUT2D eigenvalue weighted by atomic mass is 16.5. The van der Waals surface area contributed by atoms with Crippen LogP contribution in [0, 0.1) is 11.3 Å². The molecule has 0 aliphatic heterocycles. The summed E-state index contributed by atoms with van der Waals surface area (Å²) < 4.78 is 12.7. The summed E-state index contributed by atoms with van der Waals surface area (Å²) in [7, 11) is 1.57. The Kier molecular flexibility index (Phi) is 3.91. The Bertz CT molecular complexity index is 1120. The number of nitrogens with zero attached hydrogens (tertiary/aromatic N) is 4. The van der Waals surface area contributed by atoms with Crippen LogP contribution < -0.4 is 10.1 Å². The zero-order valence-corrected chi connectivity index (χ0v) is 13.9. The number of hydrogen-bond donors (Lipinski definition) is 2. The van der Waals surface area contributed by atoms with Gasteiger partial charge in [0, 0.05) is 16.8 Å². The molecule has 8 heteroatoms. The number of para-hydroxylation sites is 1. The van der Waals surface area contributed by atoms with Crippen LogP contribution in [0.5, 0.6) is 5.75 Å². The standard InChI is InChI=1S/C18H15N5O3/c1-25-16-6-12-11-4-2-3-5-14(11)26-15(12)7-13(16)21-18(24)9-23-10-20-17(8-19)22-23/h2-7,10,18,21,24H,9H2,1H3. The molecule has 2 aromatic carbocycles. The molecule has 4 rings (SSSR count). The fraction of sp³-hybridized carbons (Fsp3) is 0.167. The molecule has 0 fully saturated rings. The largest absolute Gasteiger partial charge is 0.495 e. The third kappa shape index (κ3) is 2.81. The zero-order chi connectivity index (χ0) is 18.1. The Morgan fingerprint density at radius 1 is 1.31 bits per heavy atom. The maximum Gasteiger partial charge on any atom is 0.252 e. The first-order valence-electron chi connectivity index (χ1n) is 7.91. The quantitative estimate of drug-likeness (QED) is 0.533. The molecular weight excluding hydrogens is 334 g/mol. The molecule has 0 saturated heterocycles. The van der Waals surface area contributed by atoms with Gasteiger partial charge in [-0.15, -0.1) is 5.10 Å².